The van der Waals surface area contributed by atoms with Crippen LogP contribution >= 0.6 is 0 Å². The molecule has 20 heavy (non-hydrogen) atoms. The number of hydrogen-bond donors (Lipinski definition) is 0. The Morgan fingerprint density at radius 1 is 1.20 bits per heavy atom. The summed E-state index contributed by atoms with van der Waals surface area (Å²) >= 11 is 0. The van der Waals surface area contributed by atoms with Crippen molar-refractivity contribution in [1.82, 2.24) is 25.0 Å². The summed E-state index contributed by atoms with van der Waals surface area (Å²) in [5, 5.41) is 8.39. The number of para-hydroxylation sites is 1. The van der Waals surface area contributed by atoms with Gasteiger partial charge in [-0.15, -0.1) is 5.10 Å². The first-order valence-electron chi connectivity index (χ1n) is 6.78. The van der Waals surface area contributed by atoms with E-state index in [1.54, 1.807) is 11.0 Å². The lowest BCUT2D eigenvalue weighted by atomic mass is 10.2. The molecule has 1 aliphatic heterocycles. The first-order chi connectivity index (χ1) is 9.88. The minimum atomic E-state index is 0.754. The van der Waals surface area contributed by atoms with E-state index >= 15 is 0 Å². The van der Waals surface area contributed by atoms with E-state index in [9.17, 15) is 0 Å². The molecule has 0 atom stereocenters. The molecule has 0 saturated heterocycles. The van der Waals surface area contributed by atoms with Gasteiger partial charge in [0.05, 0.1) is 0 Å². The van der Waals surface area contributed by atoms with E-state index in [-0.39, 0.29) is 0 Å². The molecule has 6 nitrogen and oxygen atoms in total. The number of benzene rings is 1. The highest BCUT2D eigenvalue weighted by Gasteiger charge is 2.24. The second-order valence-electron chi connectivity index (χ2n) is 4.81. The summed E-state index contributed by atoms with van der Waals surface area (Å²) in [6, 6.07) is 8.42. The van der Waals surface area contributed by atoms with E-state index in [0.717, 1.165) is 36.5 Å². The highest BCUT2D eigenvalue weighted by atomic mass is 15.4. The van der Waals surface area contributed by atoms with Crippen LogP contribution in [-0.4, -0.2) is 31.5 Å². The van der Waals surface area contributed by atoms with Crippen LogP contribution in [-0.2, 0) is 13.0 Å². The van der Waals surface area contributed by atoms with Crippen LogP contribution in [0.5, 0.6) is 0 Å². The molecule has 1 aliphatic rings. The minimum absolute atomic E-state index is 0.754. The Hall–Kier alpha value is -2.50. The van der Waals surface area contributed by atoms with Crippen molar-refractivity contribution in [2.24, 2.45) is 0 Å². The molecule has 0 fully saturated rings. The Balaban J connectivity index is 1.90. The Morgan fingerprint density at radius 3 is 3.00 bits per heavy atom. The number of aryl methyl sites for hydroxylation is 1. The largest absolute Gasteiger partial charge is 0.324 e. The summed E-state index contributed by atoms with van der Waals surface area (Å²) < 4.78 is 1.79. The molecule has 0 unspecified atom stereocenters. The van der Waals surface area contributed by atoms with Crippen LogP contribution in [0.1, 0.15) is 12.5 Å². The van der Waals surface area contributed by atoms with Crippen molar-refractivity contribution in [2.45, 2.75) is 19.9 Å². The highest BCUT2D eigenvalue weighted by molar-refractivity contribution is 5.86. The molecule has 2 aromatic heterocycles. The van der Waals surface area contributed by atoms with Crippen LogP contribution in [0.3, 0.4) is 0 Å². The monoisotopic (exact) mass is 266 g/mol. The number of fused-ring (bicyclic) bond motifs is 2. The van der Waals surface area contributed by atoms with Crippen molar-refractivity contribution >= 4 is 22.7 Å². The van der Waals surface area contributed by atoms with Crippen LogP contribution in [0.2, 0.25) is 0 Å². The summed E-state index contributed by atoms with van der Waals surface area (Å²) in [4.78, 5) is 10.9. The first-order valence-corrected chi connectivity index (χ1v) is 6.78. The summed E-state index contributed by atoms with van der Waals surface area (Å²) in [5.74, 6) is 0.847. The van der Waals surface area contributed by atoms with Crippen LogP contribution in [0.25, 0.3) is 11.2 Å². The second kappa shape index (κ2) is 4.26. The van der Waals surface area contributed by atoms with Crippen molar-refractivity contribution in [3.05, 3.63) is 36.2 Å². The third-order valence-electron chi connectivity index (χ3n) is 3.72. The van der Waals surface area contributed by atoms with E-state index < -0.39 is 0 Å². The van der Waals surface area contributed by atoms with Gasteiger partial charge in [0, 0.05) is 18.8 Å². The number of anilines is 2. The van der Waals surface area contributed by atoms with E-state index in [4.69, 9.17) is 0 Å². The maximum Gasteiger partial charge on any atom is 0.183 e. The van der Waals surface area contributed by atoms with Gasteiger partial charge in [-0.2, -0.15) is 0 Å². The molecule has 0 saturated carbocycles. The maximum absolute atomic E-state index is 4.43. The lowest BCUT2D eigenvalue weighted by Crippen LogP contribution is -2.15. The lowest BCUT2D eigenvalue weighted by molar-refractivity contribution is 0.641. The zero-order valence-electron chi connectivity index (χ0n) is 11.2. The smallest absolute Gasteiger partial charge is 0.183 e. The molecule has 0 spiro atoms. The topological polar surface area (TPSA) is 59.7 Å². The molecule has 0 aliphatic carbocycles. The zero-order chi connectivity index (χ0) is 13.5. The molecule has 6 heteroatoms. The molecular weight excluding hydrogens is 252 g/mol. The fraction of sp³-hybridized carbons (Fsp3) is 0.286. The highest BCUT2D eigenvalue weighted by Crippen LogP contribution is 2.35. The van der Waals surface area contributed by atoms with Crippen LogP contribution in [0.4, 0.5) is 11.5 Å². The van der Waals surface area contributed by atoms with Crippen molar-refractivity contribution in [2.75, 3.05) is 11.4 Å². The molecule has 1 aromatic carbocycles. The van der Waals surface area contributed by atoms with Crippen molar-refractivity contribution < 1.29 is 0 Å². The molecule has 3 heterocycles. The molecule has 100 valence electrons. The molecule has 0 bridgehead atoms. The van der Waals surface area contributed by atoms with Crippen LogP contribution in [0, 0.1) is 0 Å². The van der Waals surface area contributed by atoms with Crippen LogP contribution < -0.4 is 4.90 Å². The summed E-state index contributed by atoms with van der Waals surface area (Å²) in [6.45, 7) is 3.70. The standard InChI is InChI=1S/C14H14N6/c1-2-20-14-12(17-18-20)13(15-9-16-14)19-8-7-10-5-3-4-6-11(10)19/h3-6,9H,2,7-8H2,1H3. The first kappa shape index (κ1) is 11.3. The number of rotatable bonds is 2. The predicted molar refractivity (Wildman–Crippen MR) is 75.9 cm³/mol. The predicted octanol–water partition coefficient (Wildman–Crippen LogP) is 1.94. The average Bonchev–Trinajstić information content (AvgIpc) is 3.10. The normalized spacial score (nSPS) is 13.9. The van der Waals surface area contributed by atoms with Gasteiger partial charge in [0.1, 0.15) is 6.33 Å². The fourth-order valence-corrected chi connectivity index (χ4v) is 2.75. The molecule has 3 aromatic rings. The number of hydrogen-bond acceptors (Lipinski definition) is 5. The van der Waals surface area contributed by atoms with Gasteiger partial charge in [-0.1, -0.05) is 23.4 Å². The van der Waals surface area contributed by atoms with Gasteiger partial charge in [-0.05, 0) is 25.0 Å². The SMILES string of the molecule is CCn1nnc2c(N3CCc4ccccc43)ncnc21. The molecule has 0 N–H and O–H groups in total. The van der Waals surface area contributed by atoms with Gasteiger partial charge < -0.3 is 4.90 Å². The molecule has 0 amide bonds. The molecular formula is C14H14N6. The van der Waals surface area contributed by atoms with E-state index in [1.165, 1.54) is 11.3 Å². The summed E-state index contributed by atoms with van der Waals surface area (Å²) in [6.07, 6.45) is 2.62. The summed E-state index contributed by atoms with van der Waals surface area (Å²) in [7, 11) is 0. The Labute approximate surface area is 116 Å². The van der Waals surface area contributed by atoms with Gasteiger partial charge in [0.2, 0.25) is 0 Å². The van der Waals surface area contributed by atoms with Crippen LogP contribution in [0.15, 0.2) is 30.6 Å². The molecule has 0 radical (unpaired) electrons. The zero-order valence-corrected chi connectivity index (χ0v) is 11.2. The van der Waals surface area contributed by atoms with Gasteiger partial charge in [-0.25, -0.2) is 14.6 Å². The van der Waals surface area contributed by atoms with Gasteiger partial charge >= 0.3 is 0 Å². The lowest BCUT2D eigenvalue weighted by Gasteiger charge is -2.17. The summed E-state index contributed by atoms with van der Waals surface area (Å²) in [5.41, 5.74) is 4.12. The molecule has 4 rings (SSSR count). The van der Waals surface area contributed by atoms with Gasteiger partial charge in [0.15, 0.2) is 17.0 Å². The Kier molecular flexibility index (Phi) is 2.42. The minimum Gasteiger partial charge on any atom is -0.324 e. The Bertz CT molecular complexity index is 778. The van der Waals surface area contributed by atoms with Gasteiger partial charge in [0.25, 0.3) is 0 Å². The van der Waals surface area contributed by atoms with Crippen molar-refractivity contribution in [3.8, 4) is 0 Å². The second-order valence-corrected chi connectivity index (χ2v) is 4.81. The van der Waals surface area contributed by atoms with Crippen molar-refractivity contribution in [3.63, 3.8) is 0 Å². The van der Waals surface area contributed by atoms with E-state index in [1.807, 2.05) is 6.92 Å². The van der Waals surface area contributed by atoms with E-state index in [0.29, 0.717) is 0 Å². The average molecular weight is 266 g/mol. The third kappa shape index (κ3) is 1.51. The van der Waals surface area contributed by atoms with Crippen molar-refractivity contribution in [1.29, 1.82) is 0 Å². The maximum atomic E-state index is 4.43. The van der Waals surface area contributed by atoms with E-state index in [2.05, 4.69) is 49.4 Å². The van der Waals surface area contributed by atoms with Gasteiger partial charge in [-0.3, -0.25) is 0 Å². The Morgan fingerprint density at radius 2 is 2.10 bits per heavy atom. The quantitative estimate of drug-likeness (QED) is 0.709. The fourth-order valence-electron chi connectivity index (χ4n) is 2.75. The number of aromatic nitrogens is 5. The number of nitrogens with zero attached hydrogens (tertiary/aromatic N) is 6. The third-order valence-corrected chi connectivity index (χ3v) is 3.72.